The lowest BCUT2D eigenvalue weighted by molar-refractivity contribution is -0.123. The molecule has 2 amide bonds. The Morgan fingerprint density at radius 3 is 2.58 bits per heavy atom. The zero-order chi connectivity index (χ0) is 18.5. The summed E-state index contributed by atoms with van der Waals surface area (Å²) in [5, 5.41) is 2.95. The van der Waals surface area contributed by atoms with E-state index in [0.717, 1.165) is 22.7 Å². The molecule has 5 nitrogen and oxygen atoms in total. The van der Waals surface area contributed by atoms with Gasteiger partial charge in [0.1, 0.15) is 6.54 Å². The molecule has 136 valence electrons. The number of hydrogen-bond acceptors (Lipinski definition) is 4. The SMILES string of the molecule is CN(C)Cc1ccccc1CNC(=O)CN1C(=O)CSc2ccccc21. The number of para-hydroxylation sites is 1. The molecule has 1 heterocycles. The Morgan fingerprint density at radius 1 is 1.12 bits per heavy atom. The van der Waals surface area contributed by atoms with Crippen LogP contribution < -0.4 is 10.2 Å². The van der Waals surface area contributed by atoms with E-state index < -0.39 is 0 Å². The van der Waals surface area contributed by atoms with Crippen molar-refractivity contribution in [1.82, 2.24) is 10.2 Å². The van der Waals surface area contributed by atoms with Gasteiger partial charge in [0.15, 0.2) is 0 Å². The number of nitrogens with zero attached hydrogens (tertiary/aromatic N) is 2. The number of benzene rings is 2. The van der Waals surface area contributed by atoms with E-state index in [1.54, 1.807) is 4.90 Å². The summed E-state index contributed by atoms with van der Waals surface area (Å²) in [5.74, 6) is 0.187. The minimum atomic E-state index is -0.153. The third-order valence-corrected chi connectivity index (χ3v) is 5.24. The van der Waals surface area contributed by atoms with Crippen LogP contribution in [-0.4, -0.2) is 43.1 Å². The molecule has 0 saturated carbocycles. The van der Waals surface area contributed by atoms with E-state index in [0.29, 0.717) is 12.3 Å². The highest BCUT2D eigenvalue weighted by Gasteiger charge is 2.26. The first-order valence-corrected chi connectivity index (χ1v) is 9.53. The highest BCUT2D eigenvalue weighted by molar-refractivity contribution is 8.00. The van der Waals surface area contributed by atoms with E-state index in [-0.39, 0.29) is 18.4 Å². The van der Waals surface area contributed by atoms with Crippen molar-refractivity contribution in [2.24, 2.45) is 0 Å². The van der Waals surface area contributed by atoms with Crippen LogP contribution in [0.15, 0.2) is 53.4 Å². The molecule has 0 bridgehead atoms. The van der Waals surface area contributed by atoms with Crippen molar-refractivity contribution in [2.45, 2.75) is 18.0 Å². The van der Waals surface area contributed by atoms with Crippen LogP contribution >= 0.6 is 11.8 Å². The molecule has 0 spiro atoms. The van der Waals surface area contributed by atoms with Crippen molar-refractivity contribution in [1.29, 1.82) is 0 Å². The normalized spacial score (nSPS) is 13.7. The molecule has 1 N–H and O–H groups in total. The molecule has 26 heavy (non-hydrogen) atoms. The number of hydrogen-bond donors (Lipinski definition) is 1. The summed E-state index contributed by atoms with van der Waals surface area (Å²) in [6.45, 7) is 1.33. The number of anilines is 1. The lowest BCUT2D eigenvalue weighted by atomic mass is 10.1. The molecule has 0 radical (unpaired) electrons. The summed E-state index contributed by atoms with van der Waals surface area (Å²) < 4.78 is 0. The summed E-state index contributed by atoms with van der Waals surface area (Å²) in [4.78, 5) is 29.4. The maximum absolute atomic E-state index is 12.5. The van der Waals surface area contributed by atoms with Gasteiger partial charge in [-0.3, -0.25) is 9.59 Å². The number of rotatable bonds is 6. The molecule has 2 aromatic carbocycles. The number of carbonyl (C=O) groups is 2. The van der Waals surface area contributed by atoms with Crippen molar-refractivity contribution >= 4 is 29.3 Å². The minimum Gasteiger partial charge on any atom is -0.350 e. The van der Waals surface area contributed by atoms with Gasteiger partial charge < -0.3 is 15.1 Å². The molecule has 2 aromatic rings. The Kier molecular flexibility index (Phi) is 5.96. The minimum absolute atomic E-state index is 0.0307. The van der Waals surface area contributed by atoms with Crippen LogP contribution in [0.25, 0.3) is 0 Å². The van der Waals surface area contributed by atoms with Crippen LogP contribution in [0.1, 0.15) is 11.1 Å². The van der Waals surface area contributed by atoms with Gasteiger partial charge in [-0.05, 0) is 37.4 Å². The van der Waals surface area contributed by atoms with Crippen molar-refractivity contribution in [3.05, 3.63) is 59.7 Å². The first-order valence-electron chi connectivity index (χ1n) is 8.55. The molecule has 0 atom stereocenters. The second-order valence-electron chi connectivity index (χ2n) is 6.52. The Hall–Kier alpha value is -2.31. The Labute approximate surface area is 158 Å². The Balaban J connectivity index is 1.64. The first kappa shape index (κ1) is 18.5. The van der Waals surface area contributed by atoms with Gasteiger partial charge in [0.2, 0.25) is 11.8 Å². The molecule has 1 aliphatic heterocycles. The van der Waals surface area contributed by atoms with Gasteiger partial charge in [0.25, 0.3) is 0 Å². The fourth-order valence-corrected chi connectivity index (χ4v) is 3.88. The van der Waals surface area contributed by atoms with Crippen molar-refractivity contribution in [3.8, 4) is 0 Å². The predicted octanol–water partition coefficient (Wildman–Crippen LogP) is 2.50. The summed E-state index contributed by atoms with van der Waals surface area (Å²) in [7, 11) is 4.04. The monoisotopic (exact) mass is 369 g/mol. The third-order valence-electron chi connectivity index (χ3n) is 4.19. The number of thioether (sulfide) groups is 1. The largest absolute Gasteiger partial charge is 0.350 e. The van der Waals surface area contributed by atoms with Crippen molar-refractivity contribution < 1.29 is 9.59 Å². The van der Waals surface area contributed by atoms with Gasteiger partial charge in [-0.25, -0.2) is 0 Å². The standard InChI is InChI=1S/C20H23N3O2S/c1-22(2)12-16-8-4-3-7-15(16)11-21-19(24)13-23-17-9-5-6-10-18(17)26-14-20(23)25/h3-10H,11-14H2,1-2H3,(H,21,24). The molecule has 0 saturated heterocycles. The van der Waals surface area contributed by atoms with Crippen LogP contribution in [0.4, 0.5) is 5.69 Å². The van der Waals surface area contributed by atoms with Gasteiger partial charge in [0, 0.05) is 18.0 Å². The summed E-state index contributed by atoms with van der Waals surface area (Å²) in [6, 6.07) is 15.8. The molecule has 3 rings (SSSR count). The maximum atomic E-state index is 12.5. The number of amides is 2. The zero-order valence-electron chi connectivity index (χ0n) is 15.1. The highest BCUT2D eigenvalue weighted by atomic mass is 32.2. The zero-order valence-corrected chi connectivity index (χ0v) is 15.9. The molecule has 1 aliphatic rings. The predicted molar refractivity (Wildman–Crippen MR) is 105 cm³/mol. The smallest absolute Gasteiger partial charge is 0.240 e. The van der Waals surface area contributed by atoms with E-state index in [2.05, 4.69) is 16.3 Å². The molecular weight excluding hydrogens is 346 g/mol. The second-order valence-corrected chi connectivity index (χ2v) is 7.54. The van der Waals surface area contributed by atoms with E-state index in [1.165, 1.54) is 17.3 Å². The van der Waals surface area contributed by atoms with Gasteiger partial charge in [-0.2, -0.15) is 0 Å². The number of fused-ring (bicyclic) bond motifs is 1. The van der Waals surface area contributed by atoms with Crippen molar-refractivity contribution in [3.63, 3.8) is 0 Å². The summed E-state index contributed by atoms with van der Waals surface area (Å²) >= 11 is 1.52. The van der Waals surface area contributed by atoms with Crippen molar-refractivity contribution in [2.75, 3.05) is 31.3 Å². The lowest BCUT2D eigenvalue weighted by Crippen LogP contribution is -2.43. The molecule has 0 fully saturated rings. The van der Waals surface area contributed by atoms with Gasteiger partial charge in [-0.15, -0.1) is 11.8 Å². The average Bonchev–Trinajstić information content (AvgIpc) is 2.63. The molecule has 6 heteroatoms. The molecule has 0 aliphatic carbocycles. The van der Waals surface area contributed by atoms with E-state index in [4.69, 9.17) is 0 Å². The maximum Gasteiger partial charge on any atom is 0.240 e. The molecule has 0 unspecified atom stereocenters. The Bertz CT molecular complexity index is 807. The summed E-state index contributed by atoms with van der Waals surface area (Å²) in [5.41, 5.74) is 3.10. The van der Waals surface area contributed by atoms with Gasteiger partial charge in [-0.1, -0.05) is 36.4 Å². The Morgan fingerprint density at radius 2 is 1.81 bits per heavy atom. The average molecular weight is 369 g/mol. The second kappa shape index (κ2) is 8.38. The third kappa shape index (κ3) is 4.45. The van der Waals surface area contributed by atoms with E-state index in [9.17, 15) is 9.59 Å². The van der Waals surface area contributed by atoms with Gasteiger partial charge in [0.05, 0.1) is 11.4 Å². The van der Waals surface area contributed by atoms with E-state index in [1.807, 2.05) is 56.6 Å². The highest BCUT2D eigenvalue weighted by Crippen LogP contribution is 2.34. The summed E-state index contributed by atoms with van der Waals surface area (Å²) in [6.07, 6.45) is 0. The topological polar surface area (TPSA) is 52.7 Å². The first-order chi connectivity index (χ1) is 12.5. The number of nitrogens with one attached hydrogen (secondary N) is 1. The fraction of sp³-hybridized carbons (Fsp3) is 0.300. The van der Waals surface area contributed by atoms with Crippen LogP contribution in [-0.2, 0) is 22.7 Å². The lowest BCUT2D eigenvalue weighted by Gasteiger charge is -2.28. The molecular formula is C20H23N3O2S. The van der Waals surface area contributed by atoms with Crippen LogP contribution in [0, 0.1) is 0 Å². The number of carbonyl (C=O) groups excluding carboxylic acids is 2. The van der Waals surface area contributed by atoms with E-state index >= 15 is 0 Å². The molecule has 0 aromatic heterocycles. The quantitative estimate of drug-likeness (QED) is 0.850. The fourth-order valence-electron chi connectivity index (χ4n) is 2.95. The van der Waals surface area contributed by atoms with Crippen LogP contribution in [0.3, 0.4) is 0 Å². The van der Waals surface area contributed by atoms with Gasteiger partial charge >= 0.3 is 0 Å². The van der Waals surface area contributed by atoms with Crippen LogP contribution in [0.5, 0.6) is 0 Å². The van der Waals surface area contributed by atoms with Crippen LogP contribution in [0.2, 0.25) is 0 Å².